The summed E-state index contributed by atoms with van der Waals surface area (Å²) in [6.07, 6.45) is 0. The van der Waals surface area contributed by atoms with Gasteiger partial charge in [-0.1, -0.05) is 19.9 Å². The van der Waals surface area contributed by atoms with E-state index >= 15 is 0 Å². The monoisotopic (exact) mass is 242 g/mol. The van der Waals surface area contributed by atoms with Gasteiger partial charge in [0.15, 0.2) is 0 Å². The number of nitrogens with one attached hydrogen (secondary N) is 2. The van der Waals surface area contributed by atoms with Gasteiger partial charge in [-0.25, -0.2) is 0 Å². The zero-order valence-electron chi connectivity index (χ0n) is 9.29. The van der Waals surface area contributed by atoms with E-state index in [2.05, 4.69) is 10.3 Å². The topological polar surface area (TPSA) is 62.0 Å². The second kappa shape index (κ2) is 5.70. The molecule has 1 rings (SSSR count). The summed E-state index contributed by atoms with van der Waals surface area (Å²) in [6.45, 7) is 4.34. The van der Waals surface area contributed by atoms with Crippen molar-refractivity contribution in [2.75, 3.05) is 6.54 Å². The molecule has 0 aliphatic heterocycles. The summed E-state index contributed by atoms with van der Waals surface area (Å²) in [5.74, 6) is -0.0270. The molecule has 2 N–H and O–H groups in total. The molecule has 0 bridgehead atoms. The Morgan fingerprint density at radius 3 is 2.75 bits per heavy atom. The number of H-pyrrole nitrogens is 1. The lowest BCUT2D eigenvalue weighted by molar-refractivity contribution is 0.0947. The van der Waals surface area contributed by atoms with Crippen LogP contribution >= 0.6 is 11.6 Å². The van der Waals surface area contributed by atoms with Gasteiger partial charge in [0.2, 0.25) is 5.56 Å². The minimum atomic E-state index is -0.316. The minimum absolute atomic E-state index is 0.112. The molecule has 1 unspecified atom stereocenters. The summed E-state index contributed by atoms with van der Waals surface area (Å²) < 4.78 is 0. The summed E-state index contributed by atoms with van der Waals surface area (Å²) in [5, 5.41) is 2.55. The molecule has 0 aliphatic rings. The Kier molecular flexibility index (Phi) is 4.55. The second-order valence-corrected chi connectivity index (χ2v) is 4.46. The summed E-state index contributed by atoms with van der Waals surface area (Å²) in [5.41, 5.74) is -0.0425. The van der Waals surface area contributed by atoms with Crippen molar-refractivity contribution in [3.63, 3.8) is 0 Å². The lowest BCUT2D eigenvalue weighted by Gasteiger charge is -2.13. The van der Waals surface area contributed by atoms with Crippen LogP contribution in [0.3, 0.4) is 0 Å². The zero-order chi connectivity index (χ0) is 12.1. The van der Waals surface area contributed by atoms with Gasteiger partial charge in [0, 0.05) is 12.6 Å². The normalized spacial score (nSPS) is 12.5. The number of halogens is 1. The van der Waals surface area contributed by atoms with E-state index in [4.69, 9.17) is 11.6 Å². The molecular formula is C11H15ClN2O2. The summed E-state index contributed by atoms with van der Waals surface area (Å²) in [7, 11) is 0. The number of amides is 1. The lowest BCUT2D eigenvalue weighted by Crippen LogP contribution is -2.33. The van der Waals surface area contributed by atoms with E-state index in [1.54, 1.807) is 6.07 Å². The van der Waals surface area contributed by atoms with Gasteiger partial charge in [-0.05, 0) is 12.0 Å². The van der Waals surface area contributed by atoms with Crippen LogP contribution in [0.1, 0.15) is 24.3 Å². The van der Waals surface area contributed by atoms with Crippen LogP contribution < -0.4 is 10.9 Å². The first kappa shape index (κ1) is 12.8. The molecule has 1 heterocycles. The maximum atomic E-state index is 11.6. The summed E-state index contributed by atoms with van der Waals surface area (Å²) in [4.78, 5) is 25.0. The highest BCUT2D eigenvalue weighted by Gasteiger charge is 2.12. The number of aromatic amines is 1. The maximum Gasteiger partial charge on any atom is 0.267 e. The predicted octanol–water partition coefficient (Wildman–Crippen LogP) is 1.37. The second-order valence-electron chi connectivity index (χ2n) is 3.90. The van der Waals surface area contributed by atoms with Crippen LogP contribution in [-0.4, -0.2) is 22.8 Å². The molecule has 1 atom stereocenters. The van der Waals surface area contributed by atoms with Gasteiger partial charge in [0.05, 0.1) is 5.38 Å². The number of hydrogen-bond donors (Lipinski definition) is 2. The molecule has 0 saturated carbocycles. The molecule has 88 valence electrons. The first-order chi connectivity index (χ1) is 7.50. The van der Waals surface area contributed by atoms with Crippen molar-refractivity contribution >= 4 is 17.5 Å². The lowest BCUT2D eigenvalue weighted by atomic mass is 10.1. The average molecular weight is 243 g/mol. The maximum absolute atomic E-state index is 11.6. The number of carbonyl (C=O) groups is 1. The van der Waals surface area contributed by atoms with Gasteiger partial charge in [-0.2, -0.15) is 0 Å². The summed E-state index contributed by atoms with van der Waals surface area (Å²) in [6, 6.07) is 4.44. The first-order valence-electron chi connectivity index (χ1n) is 5.12. The van der Waals surface area contributed by atoms with E-state index in [0.717, 1.165) is 0 Å². The van der Waals surface area contributed by atoms with Gasteiger partial charge >= 0.3 is 0 Å². The van der Waals surface area contributed by atoms with Crippen molar-refractivity contribution in [3.05, 3.63) is 34.2 Å². The number of carbonyl (C=O) groups excluding carboxylic acids is 1. The average Bonchev–Trinajstić information content (AvgIpc) is 2.25. The fraction of sp³-hybridized carbons (Fsp3) is 0.455. The third-order valence-corrected chi connectivity index (χ3v) is 2.85. The van der Waals surface area contributed by atoms with Crippen LogP contribution in [-0.2, 0) is 0 Å². The molecule has 0 spiro atoms. The highest BCUT2D eigenvalue weighted by molar-refractivity contribution is 6.21. The number of aromatic nitrogens is 1. The van der Waals surface area contributed by atoms with Gasteiger partial charge in [0.1, 0.15) is 5.69 Å². The van der Waals surface area contributed by atoms with Crippen molar-refractivity contribution < 1.29 is 4.79 Å². The van der Waals surface area contributed by atoms with Crippen LogP contribution in [0.5, 0.6) is 0 Å². The van der Waals surface area contributed by atoms with E-state index in [-0.39, 0.29) is 28.5 Å². The molecule has 0 radical (unpaired) electrons. The quantitative estimate of drug-likeness (QED) is 0.784. The molecule has 16 heavy (non-hydrogen) atoms. The third kappa shape index (κ3) is 3.70. The number of rotatable bonds is 4. The van der Waals surface area contributed by atoms with Gasteiger partial charge in [-0.3, -0.25) is 9.59 Å². The zero-order valence-corrected chi connectivity index (χ0v) is 10.0. The number of hydrogen-bond acceptors (Lipinski definition) is 2. The van der Waals surface area contributed by atoms with Crippen molar-refractivity contribution in [1.82, 2.24) is 10.3 Å². The van der Waals surface area contributed by atoms with Crippen LogP contribution in [0, 0.1) is 5.92 Å². The van der Waals surface area contributed by atoms with Crippen molar-refractivity contribution in [3.8, 4) is 0 Å². The molecule has 0 saturated heterocycles. The molecule has 0 aliphatic carbocycles. The van der Waals surface area contributed by atoms with E-state index < -0.39 is 0 Å². The Morgan fingerprint density at radius 2 is 2.19 bits per heavy atom. The van der Waals surface area contributed by atoms with Crippen LogP contribution in [0.4, 0.5) is 0 Å². The Morgan fingerprint density at radius 1 is 1.50 bits per heavy atom. The Labute approximate surface area is 99.0 Å². The molecule has 1 aromatic rings. The largest absolute Gasteiger partial charge is 0.349 e. The highest BCUT2D eigenvalue weighted by atomic mass is 35.5. The highest BCUT2D eigenvalue weighted by Crippen LogP contribution is 2.07. The van der Waals surface area contributed by atoms with Crippen LogP contribution in [0.25, 0.3) is 0 Å². The standard InChI is InChI=1S/C11H15ClN2O2/c1-7(2)8(12)6-13-11(16)9-4-3-5-10(15)14-9/h3-5,7-8H,6H2,1-2H3,(H,13,16)(H,14,15). The number of alkyl halides is 1. The Hall–Kier alpha value is -1.29. The van der Waals surface area contributed by atoms with Crippen molar-refractivity contribution in [1.29, 1.82) is 0 Å². The van der Waals surface area contributed by atoms with E-state index in [0.29, 0.717) is 6.54 Å². The minimum Gasteiger partial charge on any atom is -0.349 e. The summed E-state index contributed by atoms with van der Waals surface area (Å²) >= 11 is 5.99. The van der Waals surface area contributed by atoms with Crippen molar-refractivity contribution in [2.45, 2.75) is 19.2 Å². The molecule has 0 aromatic carbocycles. The molecule has 0 fully saturated rings. The van der Waals surface area contributed by atoms with Gasteiger partial charge in [-0.15, -0.1) is 11.6 Å². The SMILES string of the molecule is CC(C)C(Cl)CNC(=O)c1cccc(=O)[nH]1. The Balaban J connectivity index is 2.57. The molecular weight excluding hydrogens is 228 g/mol. The molecule has 5 heteroatoms. The van der Waals surface area contributed by atoms with Crippen LogP contribution in [0.15, 0.2) is 23.0 Å². The van der Waals surface area contributed by atoms with Crippen LogP contribution in [0.2, 0.25) is 0 Å². The number of pyridine rings is 1. The fourth-order valence-electron chi connectivity index (χ4n) is 1.10. The van der Waals surface area contributed by atoms with E-state index in [9.17, 15) is 9.59 Å². The molecule has 1 aromatic heterocycles. The molecule has 1 amide bonds. The van der Waals surface area contributed by atoms with Gasteiger partial charge in [0.25, 0.3) is 5.91 Å². The first-order valence-corrected chi connectivity index (χ1v) is 5.56. The third-order valence-electron chi connectivity index (χ3n) is 2.19. The smallest absolute Gasteiger partial charge is 0.267 e. The Bertz CT molecular complexity index is 414. The van der Waals surface area contributed by atoms with Gasteiger partial charge < -0.3 is 10.3 Å². The van der Waals surface area contributed by atoms with E-state index in [1.807, 2.05) is 13.8 Å². The van der Waals surface area contributed by atoms with E-state index in [1.165, 1.54) is 12.1 Å². The molecule has 4 nitrogen and oxygen atoms in total. The fourth-order valence-corrected chi connectivity index (χ4v) is 1.18. The predicted molar refractivity (Wildman–Crippen MR) is 63.9 cm³/mol. The van der Waals surface area contributed by atoms with Crippen molar-refractivity contribution in [2.24, 2.45) is 5.92 Å².